The van der Waals surface area contributed by atoms with Crippen LogP contribution in [0.15, 0.2) is 11.8 Å². The molecule has 0 atom stereocenters. The zero-order chi connectivity index (χ0) is 10.4. The van der Waals surface area contributed by atoms with Gasteiger partial charge in [0.1, 0.15) is 0 Å². The Labute approximate surface area is 80.6 Å². The first-order valence-electron chi connectivity index (χ1n) is 4.67. The molecule has 1 amide bonds. The highest BCUT2D eigenvalue weighted by atomic mass is 16.1. The summed E-state index contributed by atoms with van der Waals surface area (Å²) in [6.07, 6.45) is 1.58. The van der Waals surface area contributed by atoms with E-state index in [1.54, 1.807) is 6.08 Å². The predicted octanol–water partition coefficient (Wildman–Crippen LogP) is 1.41. The third kappa shape index (κ3) is 7.37. The minimum Gasteiger partial charge on any atom is -0.386 e. The number of carbonyl (C=O) groups is 1. The van der Waals surface area contributed by atoms with E-state index in [1.165, 1.54) is 0 Å². The van der Waals surface area contributed by atoms with Crippen molar-refractivity contribution in [2.24, 2.45) is 0 Å². The van der Waals surface area contributed by atoms with Gasteiger partial charge in [0.2, 0.25) is 5.91 Å². The lowest BCUT2D eigenvalue weighted by molar-refractivity contribution is -0.117. The molecular formula is C10H20N2O. The van der Waals surface area contributed by atoms with Crippen molar-refractivity contribution in [1.29, 1.82) is 0 Å². The predicted molar refractivity (Wildman–Crippen MR) is 55.3 cm³/mol. The number of hydrogen-bond acceptors (Lipinski definition) is 2. The largest absolute Gasteiger partial charge is 0.386 e. The first kappa shape index (κ1) is 12.0. The lowest BCUT2D eigenvalue weighted by Gasteiger charge is -2.10. The molecule has 3 heteroatoms. The molecule has 0 saturated carbocycles. The van der Waals surface area contributed by atoms with Crippen molar-refractivity contribution in [2.75, 3.05) is 0 Å². The summed E-state index contributed by atoms with van der Waals surface area (Å²) in [4.78, 5) is 11.2. The lowest BCUT2D eigenvalue weighted by Crippen LogP contribution is -2.30. The molecule has 2 N–H and O–H groups in total. The first-order valence-corrected chi connectivity index (χ1v) is 4.67. The molecular weight excluding hydrogens is 164 g/mol. The summed E-state index contributed by atoms with van der Waals surface area (Å²) in [5.74, 6) is -0.0411. The lowest BCUT2D eigenvalue weighted by atomic mass is 10.3. The maximum Gasteiger partial charge on any atom is 0.245 e. The van der Waals surface area contributed by atoms with Crippen LogP contribution in [0.1, 0.15) is 34.6 Å². The monoisotopic (exact) mass is 184 g/mol. The molecule has 0 saturated heterocycles. The van der Waals surface area contributed by atoms with E-state index >= 15 is 0 Å². The highest BCUT2D eigenvalue weighted by Gasteiger charge is 2.00. The van der Waals surface area contributed by atoms with Gasteiger partial charge >= 0.3 is 0 Å². The maximum atomic E-state index is 11.2. The van der Waals surface area contributed by atoms with Crippen LogP contribution in [0.5, 0.6) is 0 Å². The quantitative estimate of drug-likeness (QED) is 0.649. The molecule has 0 unspecified atom stereocenters. The van der Waals surface area contributed by atoms with E-state index in [1.807, 2.05) is 34.6 Å². The maximum absolute atomic E-state index is 11.2. The average Bonchev–Trinajstić information content (AvgIpc) is 1.80. The van der Waals surface area contributed by atoms with E-state index in [4.69, 9.17) is 0 Å². The minimum atomic E-state index is -0.0411. The number of amides is 1. The van der Waals surface area contributed by atoms with Gasteiger partial charge < -0.3 is 10.6 Å². The van der Waals surface area contributed by atoms with Gasteiger partial charge in [-0.05, 0) is 34.6 Å². The van der Waals surface area contributed by atoms with Gasteiger partial charge in [-0.2, -0.15) is 0 Å². The van der Waals surface area contributed by atoms with Gasteiger partial charge in [0, 0.05) is 23.9 Å². The molecule has 0 aliphatic rings. The third-order valence-corrected chi connectivity index (χ3v) is 1.29. The molecule has 0 rings (SSSR count). The molecule has 0 aromatic carbocycles. The number of rotatable bonds is 4. The van der Waals surface area contributed by atoms with Crippen molar-refractivity contribution >= 4 is 5.91 Å². The number of nitrogens with one attached hydrogen (secondary N) is 2. The van der Waals surface area contributed by atoms with Crippen LogP contribution in [0.2, 0.25) is 0 Å². The Morgan fingerprint density at radius 1 is 1.08 bits per heavy atom. The molecule has 0 aromatic rings. The molecule has 0 spiro atoms. The highest BCUT2D eigenvalue weighted by molar-refractivity contribution is 5.88. The number of allylic oxidation sites excluding steroid dienone is 1. The topological polar surface area (TPSA) is 41.1 Å². The van der Waals surface area contributed by atoms with Crippen LogP contribution in [0.4, 0.5) is 0 Å². The van der Waals surface area contributed by atoms with E-state index in [9.17, 15) is 4.79 Å². The van der Waals surface area contributed by atoms with Crippen molar-refractivity contribution in [3.63, 3.8) is 0 Å². The molecule has 3 nitrogen and oxygen atoms in total. The van der Waals surface area contributed by atoms with Crippen molar-refractivity contribution < 1.29 is 4.79 Å². The Balaban J connectivity index is 3.99. The molecule has 76 valence electrons. The summed E-state index contributed by atoms with van der Waals surface area (Å²) in [7, 11) is 0. The second-order valence-electron chi connectivity index (χ2n) is 3.79. The van der Waals surface area contributed by atoms with Crippen molar-refractivity contribution in [3.05, 3.63) is 11.8 Å². The summed E-state index contributed by atoms with van der Waals surface area (Å²) >= 11 is 0. The fourth-order valence-electron chi connectivity index (χ4n) is 1.02. The summed E-state index contributed by atoms with van der Waals surface area (Å²) in [5, 5.41) is 5.94. The molecule has 0 fully saturated rings. The summed E-state index contributed by atoms with van der Waals surface area (Å²) in [6, 6.07) is 0.554. The fourth-order valence-corrected chi connectivity index (χ4v) is 1.02. The Morgan fingerprint density at radius 2 is 1.54 bits per heavy atom. The van der Waals surface area contributed by atoms with Crippen LogP contribution < -0.4 is 10.6 Å². The van der Waals surface area contributed by atoms with E-state index in [0.717, 1.165) is 5.70 Å². The normalized spacial score (nSPS) is 12.1. The standard InChI is InChI=1S/C10H20N2O/c1-7(2)11-9(5)6-10(13)12-8(3)4/h6-8,11H,1-5H3,(H,12,13)/b9-6+. The Morgan fingerprint density at radius 3 is 1.92 bits per heavy atom. The second-order valence-corrected chi connectivity index (χ2v) is 3.79. The van der Waals surface area contributed by atoms with Crippen LogP contribution in [-0.2, 0) is 4.79 Å². The van der Waals surface area contributed by atoms with Gasteiger partial charge in [-0.25, -0.2) is 0 Å². The summed E-state index contributed by atoms with van der Waals surface area (Å²) in [5.41, 5.74) is 0.896. The fraction of sp³-hybridized carbons (Fsp3) is 0.700. The average molecular weight is 184 g/mol. The first-order chi connectivity index (χ1) is 5.91. The van der Waals surface area contributed by atoms with Crippen LogP contribution in [0, 0.1) is 0 Å². The molecule has 0 aliphatic carbocycles. The van der Waals surface area contributed by atoms with Crippen molar-refractivity contribution in [1.82, 2.24) is 10.6 Å². The third-order valence-electron chi connectivity index (χ3n) is 1.29. The second kappa shape index (κ2) is 5.62. The Kier molecular flexibility index (Phi) is 5.19. The van der Waals surface area contributed by atoms with Gasteiger partial charge in [0.25, 0.3) is 0 Å². The molecule has 13 heavy (non-hydrogen) atoms. The molecule has 0 radical (unpaired) electrons. The number of carbonyl (C=O) groups excluding carboxylic acids is 1. The summed E-state index contributed by atoms with van der Waals surface area (Å²) < 4.78 is 0. The molecule has 0 heterocycles. The van der Waals surface area contributed by atoms with Crippen molar-refractivity contribution in [2.45, 2.75) is 46.7 Å². The molecule has 0 aliphatic heterocycles. The zero-order valence-electron chi connectivity index (χ0n) is 9.14. The highest BCUT2D eigenvalue weighted by Crippen LogP contribution is 1.90. The minimum absolute atomic E-state index is 0.0411. The van der Waals surface area contributed by atoms with E-state index < -0.39 is 0 Å². The van der Waals surface area contributed by atoms with Crippen LogP contribution in [0.25, 0.3) is 0 Å². The van der Waals surface area contributed by atoms with E-state index in [2.05, 4.69) is 10.6 Å². The number of hydrogen-bond donors (Lipinski definition) is 2. The van der Waals surface area contributed by atoms with Gasteiger partial charge in [0.15, 0.2) is 0 Å². The zero-order valence-corrected chi connectivity index (χ0v) is 9.14. The van der Waals surface area contributed by atoms with Crippen molar-refractivity contribution in [3.8, 4) is 0 Å². The van der Waals surface area contributed by atoms with Crippen LogP contribution in [0.3, 0.4) is 0 Å². The van der Waals surface area contributed by atoms with Gasteiger partial charge in [0.05, 0.1) is 0 Å². The van der Waals surface area contributed by atoms with E-state index in [-0.39, 0.29) is 11.9 Å². The van der Waals surface area contributed by atoms with E-state index in [0.29, 0.717) is 6.04 Å². The van der Waals surface area contributed by atoms with Crippen LogP contribution in [-0.4, -0.2) is 18.0 Å². The Bertz CT molecular complexity index is 195. The van der Waals surface area contributed by atoms with Crippen LogP contribution >= 0.6 is 0 Å². The van der Waals surface area contributed by atoms with Gasteiger partial charge in [-0.3, -0.25) is 4.79 Å². The van der Waals surface area contributed by atoms with Gasteiger partial charge in [-0.1, -0.05) is 0 Å². The molecule has 0 bridgehead atoms. The Hall–Kier alpha value is -0.990. The summed E-state index contributed by atoms with van der Waals surface area (Å²) in [6.45, 7) is 9.85. The molecule has 0 aromatic heterocycles. The SMILES string of the molecule is C/C(=C\C(=O)NC(C)C)NC(C)C. The van der Waals surface area contributed by atoms with Gasteiger partial charge in [-0.15, -0.1) is 0 Å². The smallest absolute Gasteiger partial charge is 0.245 e.